The van der Waals surface area contributed by atoms with Gasteiger partial charge in [0.1, 0.15) is 4.88 Å². The van der Waals surface area contributed by atoms with Crippen molar-refractivity contribution in [3.05, 3.63) is 34.2 Å². The Morgan fingerprint density at radius 1 is 1.29 bits per heavy atom. The minimum absolute atomic E-state index is 0.0517. The van der Waals surface area contributed by atoms with Crippen molar-refractivity contribution in [3.8, 4) is 0 Å². The van der Waals surface area contributed by atoms with E-state index in [4.69, 9.17) is 11.6 Å². The Balaban J connectivity index is 1.97. The van der Waals surface area contributed by atoms with Crippen molar-refractivity contribution in [2.45, 2.75) is 52.0 Å². The van der Waals surface area contributed by atoms with Gasteiger partial charge in [0.15, 0.2) is 0 Å². The quantitative estimate of drug-likeness (QED) is 0.656. The van der Waals surface area contributed by atoms with Gasteiger partial charge in [-0.2, -0.15) is 0 Å². The van der Waals surface area contributed by atoms with Gasteiger partial charge in [0, 0.05) is 16.1 Å². The van der Waals surface area contributed by atoms with E-state index in [-0.39, 0.29) is 11.9 Å². The van der Waals surface area contributed by atoms with Crippen LogP contribution in [0.1, 0.15) is 55.6 Å². The summed E-state index contributed by atoms with van der Waals surface area (Å²) in [6.07, 6.45) is 5.92. The normalized spacial score (nSPS) is 12.5. The van der Waals surface area contributed by atoms with E-state index in [0.717, 1.165) is 22.9 Å². The van der Waals surface area contributed by atoms with Crippen molar-refractivity contribution in [1.82, 2.24) is 5.32 Å². The maximum Gasteiger partial charge on any atom is 0.263 e. The number of amides is 1. The van der Waals surface area contributed by atoms with E-state index in [1.807, 2.05) is 24.3 Å². The minimum Gasteiger partial charge on any atom is -0.349 e. The minimum atomic E-state index is -0.0517. The lowest BCUT2D eigenvalue weighted by molar-refractivity contribution is 0.0942. The Hall–Kier alpha value is -1.06. The second-order valence-corrected chi connectivity index (χ2v) is 6.90. The van der Waals surface area contributed by atoms with E-state index in [9.17, 15) is 4.79 Å². The van der Waals surface area contributed by atoms with Gasteiger partial charge in [-0.05, 0) is 19.4 Å². The maximum atomic E-state index is 12.3. The summed E-state index contributed by atoms with van der Waals surface area (Å²) in [6.45, 7) is 4.26. The molecule has 114 valence electrons. The van der Waals surface area contributed by atoms with Crippen molar-refractivity contribution >= 4 is 38.9 Å². The molecule has 1 unspecified atom stereocenters. The number of fused-ring (bicyclic) bond motifs is 1. The molecular formula is C17H22ClNOS. The topological polar surface area (TPSA) is 29.1 Å². The summed E-state index contributed by atoms with van der Waals surface area (Å²) in [5, 5.41) is 4.60. The SMILES string of the molecule is CCCCCCC(C)NC(=O)c1sc2ccccc2c1Cl. The van der Waals surface area contributed by atoms with Gasteiger partial charge < -0.3 is 5.32 Å². The van der Waals surface area contributed by atoms with Crippen molar-refractivity contribution < 1.29 is 4.79 Å². The molecule has 0 aliphatic carbocycles. The Kier molecular flexibility index (Phi) is 6.07. The number of halogens is 1. The highest BCUT2D eigenvalue weighted by Gasteiger charge is 2.18. The fourth-order valence-electron chi connectivity index (χ4n) is 2.40. The molecule has 4 heteroatoms. The molecule has 2 nitrogen and oxygen atoms in total. The number of hydrogen-bond donors (Lipinski definition) is 1. The highest BCUT2D eigenvalue weighted by atomic mass is 35.5. The number of rotatable bonds is 7. The first kappa shape index (κ1) is 16.3. The first-order valence-electron chi connectivity index (χ1n) is 7.61. The molecule has 1 amide bonds. The zero-order valence-corrected chi connectivity index (χ0v) is 14.2. The molecule has 0 spiro atoms. The Morgan fingerprint density at radius 2 is 2.05 bits per heavy atom. The zero-order chi connectivity index (χ0) is 15.2. The molecule has 1 N–H and O–H groups in total. The molecular weight excluding hydrogens is 302 g/mol. The highest BCUT2D eigenvalue weighted by Crippen LogP contribution is 2.35. The van der Waals surface area contributed by atoms with Crippen LogP contribution in [0.15, 0.2) is 24.3 Å². The van der Waals surface area contributed by atoms with Gasteiger partial charge in [0.05, 0.1) is 5.02 Å². The summed E-state index contributed by atoms with van der Waals surface area (Å²) < 4.78 is 1.06. The fourth-order valence-corrected chi connectivity index (χ4v) is 3.82. The summed E-state index contributed by atoms with van der Waals surface area (Å²) in [4.78, 5) is 13.0. The third-order valence-electron chi connectivity index (χ3n) is 3.61. The van der Waals surface area contributed by atoms with Gasteiger partial charge >= 0.3 is 0 Å². The van der Waals surface area contributed by atoms with E-state index >= 15 is 0 Å². The predicted molar refractivity (Wildman–Crippen MR) is 92.5 cm³/mol. The van der Waals surface area contributed by atoms with Gasteiger partial charge in [-0.15, -0.1) is 11.3 Å². The van der Waals surface area contributed by atoms with Crippen LogP contribution >= 0.6 is 22.9 Å². The standard InChI is InChI=1S/C17H22ClNOS/c1-3-4-5-6-9-12(2)19-17(20)16-15(18)13-10-7-8-11-14(13)21-16/h7-8,10-12H,3-6,9H2,1-2H3,(H,19,20). The van der Waals surface area contributed by atoms with Crippen LogP contribution in [0.4, 0.5) is 0 Å². The third-order valence-corrected chi connectivity index (χ3v) is 5.28. The fraction of sp³-hybridized carbons (Fsp3) is 0.471. The second-order valence-electron chi connectivity index (χ2n) is 5.47. The molecule has 0 aliphatic rings. The van der Waals surface area contributed by atoms with Gasteiger partial charge in [-0.25, -0.2) is 0 Å². The highest BCUT2D eigenvalue weighted by molar-refractivity contribution is 7.21. The van der Waals surface area contributed by atoms with Crippen LogP contribution in [0.3, 0.4) is 0 Å². The molecule has 1 atom stereocenters. The van der Waals surface area contributed by atoms with E-state index in [0.29, 0.717) is 9.90 Å². The molecule has 0 radical (unpaired) electrons. The van der Waals surface area contributed by atoms with Crippen LogP contribution in [0.25, 0.3) is 10.1 Å². The molecule has 0 bridgehead atoms. The first-order chi connectivity index (χ1) is 10.1. The molecule has 1 aromatic carbocycles. The molecule has 1 heterocycles. The molecule has 0 aliphatic heterocycles. The van der Waals surface area contributed by atoms with E-state index < -0.39 is 0 Å². The monoisotopic (exact) mass is 323 g/mol. The van der Waals surface area contributed by atoms with Crippen LogP contribution in [-0.4, -0.2) is 11.9 Å². The van der Waals surface area contributed by atoms with E-state index in [1.54, 1.807) is 0 Å². The lowest BCUT2D eigenvalue weighted by Gasteiger charge is -2.13. The summed E-state index contributed by atoms with van der Waals surface area (Å²) >= 11 is 7.79. The number of thiophene rings is 1. The molecule has 2 aromatic rings. The molecule has 21 heavy (non-hydrogen) atoms. The maximum absolute atomic E-state index is 12.3. The van der Waals surface area contributed by atoms with Crippen molar-refractivity contribution in [3.63, 3.8) is 0 Å². The van der Waals surface area contributed by atoms with Crippen LogP contribution in [0.5, 0.6) is 0 Å². The van der Waals surface area contributed by atoms with Gasteiger partial charge in [0.25, 0.3) is 5.91 Å². The predicted octanol–water partition coefficient (Wildman–Crippen LogP) is 5.64. The number of carbonyl (C=O) groups is 1. The van der Waals surface area contributed by atoms with Crippen molar-refractivity contribution in [2.75, 3.05) is 0 Å². The average molecular weight is 324 g/mol. The molecule has 0 fully saturated rings. The number of nitrogens with one attached hydrogen (secondary N) is 1. The lowest BCUT2D eigenvalue weighted by atomic mass is 10.1. The number of hydrogen-bond acceptors (Lipinski definition) is 2. The van der Waals surface area contributed by atoms with E-state index in [2.05, 4.69) is 19.2 Å². The summed E-state index contributed by atoms with van der Waals surface area (Å²) in [5.41, 5.74) is 0. The molecule has 1 aromatic heterocycles. The molecule has 0 saturated heterocycles. The number of unbranched alkanes of at least 4 members (excludes halogenated alkanes) is 3. The largest absolute Gasteiger partial charge is 0.349 e. The number of carbonyl (C=O) groups excluding carboxylic acids is 1. The summed E-state index contributed by atoms with van der Waals surface area (Å²) in [7, 11) is 0. The van der Waals surface area contributed by atoms with Crippen LogP contribution in [0, 0.1) is 0 Å². The van der Waals surface area contributed by atoms with E-state index in [1.165, 1.54) is 30.6 Å². The van der Waals surface area contributed by atoms with Crippen LogP contribution in [-0.2, 0) is 0 Å². The Morgan fingerprint density at radius 3 is 2.76 bits per heavy atom. The van der Waals surface area contributed by atoms with Gasteiger partial charge in [-0.1, -0.05) is 62.4 Å². The van der Waals surface area contributed by atoms with Gasteiger partial charge in [0.2, 0.25) is 0 Å². The summed E-state index contributed by atoms with van der Waals surface area (Å²) in [5.74, 6) is -0.0517. The molecule has 0 saturated carbocycles. The smallest absolute Gasteiger partial charge is 0.263 e. The Labute approximate surface area is 135 Å². The number of benzene rings is 1. The lowest BCUT2D eigenvalue weighted by Crippen LogP contribution is -2.32. The summed E-state index contributed by atoms with van der Waals surface area (Å²) in [6, 6.07) is 8.05. The van der Waals surface area contributed by atoms with Crippen LogP contribution in [0.2, 0.25) is 5.02 Å². The zero-order valence-electron chi connectivity index (χ0n) is 12.6. The van der Waals surface area contributed by atoms with Gasteiger partial charge in [-0.3, -0.25) is 4.79 Å². The van der Waals surface area contributed by atoms with Crippen LogP contribution < -0.4 is 5.32 Å². The Bertz CT molecular complexity index is 608. The van der Waals surface area contributed by atoms with Crippen molar-refractivity contribution in [1.29, 1.82) is 0 Å². The first-order valence-corrected chi connectivity index (χ1v) is 8.80. The molecule has 2 rings (SSSR count). The van der Waals surface area contributed by atoms with Crippen molar-refractivity contribution in [2.24, 2.45) is 0 Å². The second kappa shape index (κ2) is 7.81. The third kappa shape index (κ3) is 4.21. The average Bonchev–Trinajstić information content (AvgIpc) is 2.81.